The number of hydrogen-bond donors (Lipinski definition) is 2. The van der Waals surface area contributed by atoms with Crippen LogP contribution in [0.1, 0.15) is 13.8 Å². The Labute approximate surface area is 97.6 Å². The zero-order valence-corrected chi connectivity index (χ0v) is 10.3. The van der Waals surface area contributed by atoms with Crippen LogP contribution >= 0.6 is 15.9 Å². The van der Waals surface area contributed by atoms with E-state index in [9.17, 15) is 9.90 Å². The molecule has 0 saturated carbocycles. The summed E-state index contributed by atoms with van der Waals surface area (Å²) in [7, 11) is 0. The number of hydrogen-bond acceptors (Lipinski definition) is 2. The zero-order chi connectivity index (χ0) is 11.4. The molecule has 0 heterocycles. The Morgan fingerprint density at radius 2 is 2.13 bits per heavy atom. The number of carbonyl (C=O) groups is 1. The summed E-state index contributed by atoms with van der Waals surface area (Å²) in [4.78, 5) is 11.4. The molecule has 1 aromatic carbocycles. The predicted molar refractivity (Wildman–Crippen MR) is 64.3 cm³/mol. The fraction of sp³-hybridized carbons (Fsp3) is 0.364. The molecule has 2 N–H and O–H groups in total. The maximum absolute atomic E-state index is 11.6. The Kier molecular flexibility index (Phi) is 4.15. The summed E-state index contributed by atoms with van der Waals surface area (Å²) in [5, 5.41) is 11.9. The Morgan fingerprint density at radius 3 is 2.67 bits per heavy atom. The minimum absolute atomic E-state index is 0.101. The van der Waals surface area contributed by atoms with Gasteiger partial charge in [-0.25, -0.2) is 0 Å². The fourth-order valence-electron chi connectivity index (χ4n) is 1.10. The van der Waals surface area contributed by atoms with Gasteiger partial charge in [0.15, 0.2) is 0 Å². The maximum atomic E-state index is 11.6. The molecule has 1 amide bonds. The Balaban J connectivity index is 2.66. The summed E-state index contributed by atoms with van der Waals surface area (Å²) in [5.74, 6) is 0.265. The van der Waals surface area contributed by atoms with Crippen LogP contribution in [0.3, 0.4) is 0 Å². The first-order valence-corrected chi connectivity index (χ1v) is 5.66. The highest BCUT2D eigenvalue weighted by Crippen LogP contribution is 2.18. The molecular formula is C11H14BrNO2. The lowest BCUT2D eigenvalue weighted by atomic mass is 10.1. The van der Waals surface area contributed by atoms with Gasteiger partial charge in [0.1, 0.15) is 5.75 Å². The van der Waals surface area contributed by atoms with Gasteiger partial charge < -0.3 is 10.4 Å². The number of carbonyl (C=O) groups excluding carboxylic acids is 1. The standard InChI is InChI=1S/C11H14BrNO2/c1-7(2)10(12)11(15)13-8-4-3-5-9(14)6-8/h3-7,10,14H,1-2H3,(H,13,15). The quantitative estimate of drug-likeness (QED) is 0.831. The van der Waals surface area contributed by atoms with Crippen molar-refractivity contribution in [1.82, 2.24) is 0 Å². The molecule has 82 valence electrons. The van der Waals surface area contributed by atoms with E-state index in [1.54, 1.807) is 18.2 Å². The molecule has 0 bridgehead atoms. The average Bonchev–Trinajstić information content (AvgIpc) is 2.16. The van der Waals surface area contributed by atoms with Gasteiger partial charge in [-0.3, -0.25) is 4.79 Å². The van der Waals surface area contributed by atoms with E-state index in [0.29, 0.717) is 5.69 Å². The van der Waals surface area contributed by atoms with E-state index in [4.69, 9.17) is 0 Å². The van der Waals surface area contributed by atoms with Crippen LogP contribution in [-0.4, -0.2) is 15.8 Å². The number of phenols is 1. The van der Waals surface area contributed by atoms with Crippen molar-refractivity contribution in [3.05, 3.63) is 24.3 Å². The van der Waals surface area contributed by atoms with Crippen LogP contribution in [0.4, 0.5) is 5.69 Å². The number of anilines is 1. The molecule has 0 saturated heterocycles. The van der Waals surface area contributed by atoms with Crippen LogP contribution in [0.5, 0.6) is 5.75 Å². The zero-order valence-electron chi connectivity index (χ0n) is 8.70. The number of phenolic OH excluding ortho intramolecular Hbond substituents is 1. The highest BCUT2D eigenvalue weighted by atomic mass is 79.9. The van der Waals surface area contributed by atoms with Gasteiger partial charge in [-0.2, -0.15) is 0 Å². The average molecular weight is 272 g/mol. The number of amides is 1. The van der Waals surface area contributed by atoms with Crippen molar-refractivity contribution in [2.24, 2.45) is 5.92 Å². The molecule has 1 atom stereocenters. The minimum Gasteiger partial charge on any atom is -0.508 e. The summed E-state index contributed by atoms with van der Waals surface area (Å²) in [6.07, 6.45) is 0. The molecule has 0 fully saturated rings. The van der Waals surface area contributed by atoms with Crippen molar-refractivity contribution in [2.75, 3.05) is 5.32 Å². The summed E-state index contributed by atoms with van der Waals surface area (Å²) >= 11 is 3.31. The number of alkyl halides is 1. The molecule has 1 unspecified atom stereocenters. The van der Waals surface area contributed by atoms with Gasteiger partial charge >= 0.3 is 0 Å². The second-order valence-corrected chi connectivity index (χ2v) is 4.67. The van der Waals surface area contributed by atoms with Gasteiger partial charge in [-0.15, -0.1) is 0 Å². The van der Waals surface area contributed by atoms with Gasteiger partial charge in [0.25, 0.3) is 0 Å². The van der Waals surface area contributed by atoms with Gasteiger partial charge in [0.05, 0.1) is 4.83 Å². The lowest BCUT2D eigenvalue weighted by Crippen LogP contribution is -2.26. The first-order valence-electron chi connectivity index (χ1n) is 4.74. The Bertz CT molecular complexity index is 352. The van der Waals surface area contributed by atoms with Crippen LogP contribution in [0.25, 0.3) is 0 Å². The van der Waals surface area contributed by atoms with Crippen LogP contribution in [0.2, 0.25) is 0 Å². The van der Waals surface area contributed by atoms with Crippen molar-refractivity contribution < 1.29 is 9.90 Å². The summed E-state index contributed by atoms with van der Waals surface area (Å²) in [5.41, 5.74) is 0.602. The van der Waals surface area contributed by atoms with Crippen LogP contribution in [-0.2, 0) is 4.79 Å². The highest BCUT2D eigenvalue weighted by Gasteiger charge is 2.18. The van der Waals surface area contributed by atoms with Crippen molar-refractivity contribution in [3.63, 3.8) is 0 Å². The number of rotatable bonds is 3. The molecule has 0 aromatic heterocycles. The second kappa shape index (κ2) is 5.16. The first kappa shape index (κ1) is 12.0. The SMILES string of the molecule is CC(C)C(Br)C(=O)Nc1cccc(O)c1. The van der Waals surface area contributed by atoms with Gasteiger partial charge in [0, 0.05) is 11.8 Å². The molecule has 15 heavy (non-hydrogen) atoms. The van der Waals surface area contributed by atoms with E-state index in [2.05, 4.69) is 21.2 Å². The van der Waals surface area contributed by atoms with Crippen molar-refractivity contribution in [3.8, 4) is 5.75 Å². The number of nitrogens with one attached hydrogen (secondary N) is 1. The lowest BCUT2D eigenvalue weighted by molar-refractivity contribution is -0.116. The van der Waals surface area contributed by atoms with Crippen LogP contribution in [0.15, 0.2) is 24.3 Å². The summed E-state index contributed by atoms with van der Waals surface area (Å²) in [6, 6.07) is 6.49. The van der Waals surface area contributed by atoms with E-state index in [-0.39, 0.29) is 22.4 Å². The smallest absolute Gasteiger partial charge is 0.238 e. The van der Waals surface area contributed by atoms with E-state index in [1.807, 2.05) is 13.8 Å². The first-order chi connectivity index (χ1) is 7.00. The van der Waals surface area contributed by atoms with Gasteiger partial charge in [0.2, 0.25) is 5.91 Å². The molecule has 3 nitrogen and oxygen atoms in total. The second-order valence-electron chi connectivity index (χ2n) is 3.69. The summed E-state index contributed by atoms with van der Waals surface area (Å²) < 4.78 is 0. The third kappa shape index (κ3) is 3.55. The van der Waals surface area contributed by atoms with Crippen LogP contribution < -0.4 is 5.32 Å². The molecule has 0 radical (unpaired) electrons. The third-order valence-electron chi connectivity index (χ3n) is 1.95. The minimum atomic E-state index is -0.222. The monoisotopic (exact) mass is 271 g/mol. The predicted octanol–water partition coefficient (Wildman–Crippen LogP) is 2.75. The van der Waals surface area contributed by atoms with Crippen molar-refractivity contribution in [1.29, 1.82) is 0 Å². The highest BCUT2D eigenvalue weighted by molar-refractivity contribution is 9.10. The fourth-order valence-corrected chi connectivity index (χ4v) is 1.21. The Morgan fingerprint density at radius 1 is 1.47 bits per heavy atom. The number of benzene rings is 1. The lowest BCUT2D eigenvalue weighted by Gasteiger charge is -2.13. The molecule has 0 spiro atoms. The molecule has 0 aliphatic rings. The summed E-state index contributed by atoms with van der Waals surface area (Å²) in [6.45, 7) is 3.92. The number of halogens is 1. The van der Waals surface area contributed by atoms with Gasteiger partial charge in [-0.05, 0) is 18.1 Å². The Hall–Kier alpha value is -1.03. The molecule has 0 aliphatic carbocycles. The molecule has 1 aromatic rings. The van der Waals surface area contributed by atoms with E-state index >= 15 is 0 Å². The molecular weight excluding hydrogens is 258 g/mol. The topological polar surface area (TPSA) is 49.3 Å². The largest absolute Gasteiger partial charge is 0.508 e. The maximum Gasteiger partial charge on any atom is 0.238 e. The molecule has 1 rings (SSSR count). The van der Waals surface area contributed by atoms with Gasteiger partial charge in [-0.1, -0.05) is 35.8 Å². The number of aromatic hydroxyl groups is 1. The normalized spacial score (nSPS) is 12.5. The van der Waals surface area contributed by atoms with Crippen molar-refractivity contribution in [2.45, 2.75) is 18.7 Å². The van der Waals surface area contributed by atoms with Crippen molar-refractivity contribution >= 4 is 27.5 Å². The third-order valence-corrected chi connectivity index (χ3v) is 3.42. The van der Waals surface area contributed by atoms with E-state index < -0.39 is 0 Å². The molecule has 0 aliphatic heterocycles. The van der Waals surface area contributed by atoms with Crippen LogP contribution in [0, 0.1) is 5.92 Å². The van der Waals surface area contributed by atoms with E-state index in [0.717, 1.165) is 0 Å². The molecule has 4 heteroatoms. The van der Waals surface area contributed by atoms with E-state index in [1.165, 1.54) is 6.07 Å².